The van der Waals surface area contributed by atoms with Crippen molar-refractivity contribution in [1.29, 1.82) is 0 Å². The van der Waals surface area contributed by atoms with Gasteiger partial charge in [-0.25, -0.2) is 0 Å². The molecule has 3 nitrogen and oxygen atoms in total. The van der Waals surface area contributed by atoms with Gasteiger partial charge >= 0.3 is 0 Å². The second-order valence-corrected chi connectivity index (χ2v) is 9.11. The SMILES string of the molecule is CC=C(C)C(C)(c1cn(Cc2ccc(C(C)(C)O)cn2)c2ccccc12)C(C)C. The van der Waals surface area contributed by atoms with Crippen molar-refractivity contribution >= 4 is 10.9 Å². The number of nitrogens with zero attached hydrogens (tertiary/aromatic N) is 2. The van der Waals surface area contributed by atoms with Crippen LogP contribution < -0.4 is 0 Å². The van der Waals surface area contributed by atoms with E-state index in [4.69, 9.17) is 0 Å². The molecule has 1 atom stereocenters. The molecule has 1 N–H and O–H groups in total. The summed E-state index contributed by atoms with van der Waals surface area (Å²) in [7, 11) is 0. The van der Waals surface area contributed by atoms with Gasteiger partial charge in [0.15, 0.2) is 0 Å². The van der Waals surface area contributed by atoms with Crippen LogP contribution in [0.3, 0.4) is 0 Å². The Morgan fingerprint density at radius 2 is 1.83 bits per heavy atom. The minimum Gasteiger partial charge on any atom is -0.386 e. The predicted octanol–water partition coefficient (Wildman–Crippen LogP) is 6.19. The molecule has 3 heteroatoms. The normalized spacial score (nSPS) is 15.1. The Morgan fingerprint density at radius 1 is 1.14 bits per heavy atom. The first-order chi connectivity index (χ1) is 13.6. The number of rotatable bonds is 6. The van der Waals surface area contributed by atoms with Gasteiger partial charge in [-0.15, -0.1) is 0 Å². The second-order valence-electron chi connectivity index (χ2n) is 9.11. The van der Waals surface area contributed by atoms with Gasteiger partial charge < -0.3 is 9.67 Å². The van der Waals surface area contributed by atoms with Crippen molar-refractivity contribution in [2.45, 2.75) is 66.0 Å². The maximum Gasteiger partial charge on any atom is 0.0855 e. The molecule has 0 aliphatic rings. The fraction of sp³-hybridized carbons (Fsp3) is 0.423. The third-order valence-electron chi connectivity index (χ3n) is 6.62. The predicted molar refractivity (Wildman–Crippen MR) is 122 cm³/mol. The van der Waals surface area contributed by atoms with Crippen molar-refractivity contribution in [3.05, 3.63) is 77.3 Å². The van der Waals surface area contributed by atoms with Gasteiger partial charge in [-0.1, -0.05) is 56.7 Å². The van der Waals surface area contributed by atoms with Crippen molar-refractivity contribution in [2.24, 2.45) is 5.92 Å². The third-order valence-corrected chi connectivity index (χ3v) is 6.62. The molecule has 29 heavy (non-hydrogen) atoms. The molecule has 0 saturated carbocycles. The van der Waals surface area contributed by atoms with Gasteiger partial charge in [0.25, 0.3) is 0 Å². The standard InChI is InChI=1S/C26H34N2O/c1-8-19(4)26(7,18(2)3)23-17-28(24-12-10-9-11-22(23)24)16-21-14-13-20(15-27-21)25(5,6)29/h8-15,17-18,29H,16H2,1-7H3. The van der Waals surface area contributed by atoms with E-state index in [1.807, 2.05) is 12.1 Å². The Bertz CT molecular complexity index is 1020. The molecule has 0 aliphatic heterocycles. The summed E-state index contributed by atoms with van der Waals surface area (Å²) in [5, 5.41) is 11.5. The van der Waals surface area contributed by atoms with E-state index in [9.17, 15) is 5.11 Å². The van der Waals surface area contributed by atoms with E-state index in [0.29, 0.717) is 12.5 Å². The first kappa shape index (κ1) is 21.3. The smallest absolute Gasteiger partial charge is 0.0855 e. The number of pyridine rings is 1. The highest BCUT2D eigenvalue weighted by Gasteiger charge is 2.34. The molecule has 0 fully saturated rings. The van der Waals surface area contributed by atoms with Crippen LogP contribution in [0.5, 0.6) is 0 Å². The van der Waals surface area contributed by atoms with E-state index in [1.54, 1.807) is 20.0 Å². The molecule has 0 saturated heterocycles. The van der Waals surface area contributed by atoms with Gasteiger partial charge in [0, 0.05) is 34.3 Å². The Hall–Kier alpha value is -2.39. The number of benzene rings is 1. The summed E-state index contributed by atoms with van der Waals surface area (Å²) in [6.45, 7) is 15.6. The molecular formula is C26H34N2O. The molecule has 1 aromatic carbocycles. The lowest BCUT2D eigenvalue weighted by atomic mass is 9.68. The summed E-state index contributed by atoms with van der Waals surface area (Å²) in [5.41, 5.74) is 4.90. The van der Waals surface area contributed by atoms with E-state index >= 15 is 0 Å². The zero-order valence-electron chi connectivity index (χ0n) is 18.8. The number of para-hydroxylation sites is 1. The van der Waals surface area contributed by atoms with E-state index < -0.39 is 5.60 Å². The number of aliphatic hydroxyl groups is 1. The maximum absolute atomic E-state index is 10.2. The number of hydrogen-bond acceptors (Lipinski definition) is 2. The number of fused-ring (bicyclic) bond motifs is 1. The van der Waals surface area contributed by atoms with Crippen LogP contribution >= 0.6 is 0 Å². The van der Waals surface area contributed by atoms with Crippen LogP contribution in [0, 0.1) is 5.92 Å². The molecule has 2 heterocycles. The number of hydrogen-bond donors (Lipinski definition) is 1. The van der Waals surface area contributed by atoms with Crippen LogP contribution in [-0.4, -0.2) is 14.7 Å². The molecule has 2 aromatic heterocycles. The summed E-state index contributed by atoms with van der Waals surface area (Å²) in [6.07, 6.45) is 6.33. The quantitative estimate of drug-likeness (QED) is 0.509. The number of aromatic nitrogens is 2. The van der Waals surface area contributed by atoms with Gasteiger partial charge in [0.2, 0.25) is 0 Å². The summed E-state index contributed by atoms with van der Waals surface area (Å²) < 4.78 is 2.31. The van der Waals surface area contributed by atoms with E-state index in [1.165, 1.54) is 22.0 Å². The fourth-order valence-electron chi connectivity index (χ4n) is 4.12. The lowest BCUT2D eigenvalue weighted by Crippen LogP contribution is -2.30. The van der Waals surface area contributed by atoms with Crippen LogP contribution in [0.1, 0.15) is 65.3 Å². The molecule has 3 aromatic rings. The molecule has 154 valence electrons. The zero-order chi connectivity index (χ0) is 21.4. The molecule has 0 radical (unpaired) electrons. The monoisotopic (exact) mass is 390 g/mol. The topological polar surface area (TPSA) is 38.0 Å². The van der Waals surface area contributed by atoms with Crippen LogP contribution in [0.2, 0.25) is 0 Å². The van der Waals surface area contributed by atoms with Gasteiger partial charge in [-0.05, 0) is 51.3 Å². The van der Waals surface area contributed by atoms with Crippen LogP contribution in [-0.2, 0) is 17.6 Å². The zero-order valence-corrected chi connectivity index (χ0v) is 18.8. The Morgan fingerprint density at radius 3 is 2.38 bits per heavy atom. The minimum absolute atomic E-state index is 0.0300. The van der Waals surface area contributed by atoms with Gasteiger partial charge in [-0.3, -0.25) is 4.98 Å². The molecular weight excluding hydrogens is 356 g/mol. The average molecular weight is 391 g/mol. The molecule has 0 spiro atoms. The van der Waals surface area contributed by atoms with Gasteiger partial charge in [-0.2, -0.15) is 0 Å². The Balaban J connectivity index is 2.09. The highest BCUT2D eigenvalue weighted by atomic mass is 16.3. The fourth-order valence-corrected chi connectivity index (χ4v) is 4.12. The highest BCUT2D eigenvalue weighted by Crippen LogP contribution is 2.43. The molecule has 0 bridgehead atoms. The van der Waals surface area contributed by atoms with Gasteiger partial charge in [0.05, 0.1) is 17.8 Å². The Labute approximate surface area is 175 Å². The number of allylic oxidation sites excluding steroid dienone is 2. The first-order valence-electron chi connectivity index (χ1n) is 10.5. The minimum atomic E-state index is -0.873. The lowest BCUT2D eigenvalue weighted by Gasteiger charge is -2.35. The average Bonchev–Trinajstić information content (AvgIpc) is 3.05. The van der Waals surface area contributed by atoms with Crippen molar-refractivity contribution in [2.75, 3.05) is 0 Å². The largest absolute Gasteiger partial charge is 0.386 e. The maximum atomic E-state index is 10.2. The van der Waals surface area contributed by atoms with Gasteiger partial charge in [0.1, 0.15) is 0 Å². The highest BCUT2D eigenvalue weighted by molar-refractivity contribution is 5.85. The third kappa shape index (κ3) is 3.89. The van der Waals surface area contributed by atoms with Crippen LogP contribution in [0.15, 0.2) is 60.4 Å². The van der Waals surface area contributed by atoms with Crippen molar-refractivity contribution in [3.63, 3.8) is 0 Å². The summed E-state index contributed by atoms with van der Waals surface area (Å²) >= 11 is 0. The van der Waals surface area contributed by atoms with E-state index in [0.717, 1.165) is 11.3 Å². The van der Waals surface area contributed by atoms with Crippen LogP contribution in [0.4, 0.5) is 0 Å². The van der Waals surface area contributed by atoms with Crippen molar-refractivity contribution in [1.82, 2.24) is 9.55 Å². The second kappa shape index (κ2) is 7.79. The summed E-state index contributed by atoms with van der Waals surface area (Å²) in [5.74, 6) is 0.474. The first-order valence-corrected chi connectivity index (χ1v) is 10.5. The molecule has 0 aliphatic carbocycles. The molecule has 3 rings (SSSR count). The lowest BCUT2D eigenvalue weighted by molar-refractivity contribution is 0.0782. The summed E-state index contributed by atoms with van der Waals surface area (Å²) in [6, 6.07) is 12.6. The molecule has 0 amide bonds. The van der Waals surface area contributed by atoms with Crippen molar-refractivity contribution in [3.8, 4) is 0 Å². The van der Waals surface area contributed by atoms with Crippen molar-refractivity contribution < 1.29 is 5.11 Å². The molecule has 1 unspecified atom stereocenters. The Kier molecular flexibility index (Phi) is 5.73. The van der Waals surface area contributed by atoms with E-state index in [-0.39, 0.29) is 5.41 Å². The van der Waals surface area contributed by atoms with E-state index in [2.05, 4.69) is 80.7 Å². The van der Waals surface area contributed by atoms with Crippen LogP contribution in [0.25, 0.3) is 10.9 Å². The summed E-state index contributed by atoms with van der Waals surface area (Å²) in [4.78, 5) is 4.61.